The maximum atomic E-state index is 6.57. The van der Waals surface area contributed by atoms with Crippen LogP contribution in [-0.4, -0.2) is 0 Å². The standard InChI is InChI=1S/C15H14Cl2S/c1-9-7-13(18-15(9)17)14(16)12-6-5-10-3-2-4-11(10)8-12/h5-8,14H,2-4H2,1H3. The molecular weight excluding hydrogens is 283 g/mol. The van der Waals surface area contributed by atoms with Gasteiger partial charge < -0.3 is 0 Å². The van der Waals surface area contributed by atoms with Crippen LogP contribution in [0.1, 0.15) is 38.9 Å². The van der Waals surface area contributed by atoms with Gasteiger partial charge in [-0.05, 0) is 54.5 Å². The maximum absolute atomic E-state index is 6.57. The van der Waals surface area contributed by atoms with Crippen LogP contribution in [0.2, 0.25) is 4.34 Å². The summed E-state index contributed by atoms with van der Waals surface area (Å²) in [6, 6.07) is 8.75. The number of halogens is 2. The second-order valence-electron chi connectivity index (χ2n) is 4.85. The Morgan fingerprint density at radius 3 is 2.67 bits per heavy atom. The van der Waals surface area contributed by atoms with Gasteiger partial charge >= 0.3 is 0 Å². The molecule has 0 amide bonds. The van der Waals surface area contributed by atoms with Gasteiger partial charge in [-0.1, -0.05) is 29.8 Å². The van der Waals surface area contributed by atoms with Crippen LogP contribution >= 0.6 is 34.5 Å². The van der Waals surface area contributed by atoms with Gasteiger partial charge in [0.25, 0.3) is 0 Å². The van der Waals surface area contributed by atoms with E-state index in [0.717, 1.165) is 14.8 Å². The molecule has 0 radical (unpaired) electrons. The van der Waals surface area contributed by atoms with E-state index in [4.69, 9.17) is 23.2 Å². The number of hydrogen-bond donors (Lipinski definition) is 0. The molecule has 1 atom stereocenters. The Hall–Kier alpha value is -0.500. The lowest BCUT2D eigenvalue weighted by Crippen LogP contribution is -1.92. The average Bonchev–Trinajstić information content (AvgIpc) is 2.95. The number of alkyl halides is 1. The van der Waals surface area contributed by atoms with Crippen molar-refractivity contribution in [1.29, 1.82) is 0 Å². The highest BCUT2D eigenvalue weighted by molar-refractivity contribution is 7.16. The number of benzene rings is 1. The van der Waals surface area contributed by atoms with Crippen molar-refractivity contribution >= 4 is 34.5 Å². The summed E-state index contributed by atoms with van der Waals surface area (Å²) in [6.07, 6.45) is 3.68. The Balaban J connectivity index is 1.94. The summed E-state index contributed by atoms with van der Waals surface area (Å²) in [7, 11) is 0. The normalized spacial score (nSPS) is 15.7. The van der Waals surface area contributed by atoms with Crippen LogP contribution in [0.25, 0.3) is 0 Å². The van der Waals surface area contributed by atoms with E-state index in [1.54, 1.807) is 11.3 Å². The first-order valence-electron chi connectivity index (χ1n) is 6.17. The molecule has 0 nitrogen and oxygen atoms in total. The summed E-state index contributed by atoms with van der Waals surface area (Å²) >= 11 is 14.3. The monoisotopic (exact) mass is 296 g/mol. The number of thiophene rings is 1. The first-order chi connectivity index (χ1) is 8.65. The summed E-state index contributed by atoms with van der Waals surface area (Å²) in [5, 5.41) is -0.0768. The van der Waals surface area contributed by atoms with Crippen molar-refractivity contribution < 1.29 is 0 Å². The molecule has 1 heterocycles. The quantitative estimate of drug-likeness (QED) is 0.640. The molecule has 2 aromatic rings. The molecule has 1 aliphatic rings. The fraction of sp³-hybridized carbons (Fsp3) is 0.333. The summed E-state index contributed by atoms with van der Waals surface area (Å²) in [5.41, 5.74) is 5.26. The van der Waals surface area contributed by atoms with E-state index in [1.165, 1.54) is 36.0 Å². The smallest absolute Gasteiger partial charge is 0.0960 e. The Morgan fingerprint density at radius 2 is 1.94 bits per heavy atom. The first kappa shape index (κ1) is 12.5. The highest BCUT2D eigenvalue weighted by Crippen LogP contribution is 2.38. The third-order valence-corrected chi connectivity index (χ3v) is 5.78. The number of fused-ring (bicyclic) bond motifs is 1. The predicted octanol–water partition coefficient (Wildman–Crippen LogP) is 5.53. The Bertz CT molecular complexity index is 567. The van der Waals surface area contributed by atoms with Gasteiger partial charge in [-0.15, -0.1) is 22.9 Å². The molecule has 0 fully saturated rings. The third-order valence-electron chi connectivity index (χ3n) is 3.54. The third kappa shape index (κ3) is 2.20. The minimum absolute atomic E-state index is 0.0768. The molecule has 0 bridgehead atoms. The number of rotatable bonds is 2. The van der Waals surface area contributed by atoms with E-state index >= 15 is 0 Å². The molecule has 0 N–H and O–H groups in total. The lowest BCUT2D eigenvalue weighted by atomic mass is 10.0. The van der Waals surface area contributed by atoms with Crippen molar-refractivity contribution in [3.8, 4) is 0 Å². The van der Waals surface area contributed by atoms with Crippen molar-refractivity contribution in [2.24, 2.45) is 0 Å². The van der Waals surface area contributed by atoms with Crippen LogP contribution in [0.5, 0.6) is 0 Å². The maximum Gasteiger partial charge on any atom is 0.0960 e. The van der Waals surface area contributed by atoms with Crippen LogP contribution in [0.3, 0.4) is 0 Å². The van der Waals surface area contributed by atoms with E-state index in [9.17, 15) is 0 Å². The molecular formula is C15H14Cl2S. The molecule has 18 heavy (non-hydrogen) atoms. The van der Waals surface area contributed by atoms with Gasteiger partial charge in [-0.3, -0.25) is 0 Å². The van der Waals surface area contributed by atoms with Gasteiger partial charge in [-0.2, -0.15) is 0 Å². The molecule has 94 valence electrons. The van der Waals surface area contributed by atoms with Crippen LogP contribution in [0, 0.1) is 6.92 Å². The summed E-state index contributed by atoms with van der Waals surface area (Å²) in [5.74, 6) is 0. The van der Waals surface area contributed by atoms with E-state index in [-0.39, 0.29) is 5.38 Å². The Morgan fingerprint density at radius 1 is 1.17 bits per heavy atom. The fourth-order valence-electron chi connectivity index (χ4n) is 2.52. The molecule has 1 unspecified atom stereocenters. The Kier molecular flexibility index (Phi) is 3.40. The summed E-state index contributed by atoms with van der Waals surface area (Å²) in [4.78, 5) is 1.14. The van der Waals surface area contributed by atoms with Crippen molar-refractivity contribution in [1.82, 2.24) is 0 Å². The van der Waals surface area contributed by atoms with Gasteiger partial charge in [0, 0.05) is 4.88 Å². The van der Waals surface area contributed by atoms with Crippen LogP contribution in [0.4, 0.5) is 0 Å². The number of aryl methyl sites for hydroxylation is 3. The molecule has 0 spiro atoms. The summed E-state index contributed by atoms with van der Waals surface area (Å²) in [6.45, 7) is 2.02. The van der Waals surface area contributed by atoms with Crippen molar-refractivity contribution in [3.05, 3.63) is 55.7 Å². The number of hydrogen-bond acceptors (Lipinski definition) is 1. The van der Waals surface area contributed by atoms with E-state index in [2.05, 4.69) is 24.3 Å². The van der Waals surface area contributed by atoms with Gasteiger partial charge in [0.15, 0.2) is 0 Å². The molecule has 0 saturated carbocycles. The molecule has 1 aliphatic carbocycles. The largest absolute Gasteiger partial charge is 0.126 e. The topological polar surface area (TPSA) is 0 Å². The van der Waals surface area contributed by atoms with Gasteiger partial charge in [0.2, 0.25) is 0 Å². The second kappa shape index (κ2) is 4.88. The van der Waals surface area contributed by atoms with E-state index in [0.29, 0.717) is 0 Å². The average molecular weight is 297 g/mol. The predicted molar refractivity (Wildman–Crippen MR) is 80.2 cm³/mol. The highest BCUT2D eigenvalue weighted by atomic mass is 35.5. The molecule has 1 aromatic heterocycles. The van der Waals surface area contributed by atoms with E-state index in [1.807, 2.05) is 6.92 Å². The van der Waals surface area contributed by atoms with Gasteiger partial charge in [-0.25, -0.2) is 0 Å². The lowest BCUT2D eigenvalue weighted by Gasteiger charge is -2.09. The SMILES string of the molecule is Cc1cc(C(Cl)c2ccc3c(c2)CCC3)sc1Cl. The lowest BCUT2D eigenvalue weighted by molar-refractivity contribution is 0.911. The minimum Gasteiger partial charge on any atom is -0.126 e. The zero-order valence-electron chi connectivity index (χ0n) is 10.2. The Labute approximate surface area is 122 Å². The van der Waals surface area contributed by atoms with Crippen molar-refractivity contribution in [2.45, 2.75) is 31.6 Å². The van der Waals surface area contributed by atoms with Crippen LogP contribution < -0.4 is 0 Å². The molecule has 3 rings (SSSR count). The highest BCUT2D eigenvalue weighted by Gasteiger charge is 2.18. The second-order valence-corrected chi connectivity index (χ2v) is 6.97. The van der Waals surface area contributed by atoms with Gasteiger partial charge in [0.1, 0.15) is 0 Å². The fourth-order valence-corrected chi connectivity index (χ4v) is 4.08. The molecule has 3 heteroatoms. The molecule has 1 aromatic carbocycles. The van der Waals surface area contributed by atoms with Gasteiger partial charge in [0.05, 0.1) is 9.71 Å². The van der Waals surface area contributed by atoms with E-state index < -0.39 is 0 Å². The zero-order valence-corrected chi connectivity index (χ0v) is 12.5. The molecule has 0 saturated heterocycles. The van der Waals surface area contributed by atoms with Crippen molar-refractivity contribution in [3.63, 3.8) is 0 Å². The van der Waals surface area contributed by atoms with Crippen molar-refractivity contribution in [2.75, 3.05) is 0 Å². The minimum atomic E-state index is -0.0768. The van der Waals surface area contributed by atoms with Crippen LogP contribution in [-0.2, 0) is 12.8 Å². The van der Waals surface area contributed by atoms with Crippen LogP contribution in [0.15, 0.2) is 24.3 Å². The first-order valence-corrected chi connectivity index (χ1v) is 7.80. The zero-order chi connectivity index (χ0) is 12.7. The summed E-state index contributed by atoms with van der Waals surface area (Å²) < 4.78 is 0.844. The molecule has 0 aliphatic heterocycles.